The summed E-state index contributed by atoms with van der Waals surface area (Å²) in [4.78, 5) is 10.5. The lowest BCUT2D eigenvalue weighted by Gasteiger charge is -2.17. The summed E-state index contributed by atoms with van der Waals surface area (Å²) in [6, 6.07) is 0. The first kappa shape index (κ1) is 8.31. The van der Waals surface area contributed by atoms with Crippen LogP contribution >= 0.6 is 0 Å². The van der Waals surface area contributed by atoms with Crippen LogP contribution in [0.2, 0.25) is 0 Å². The van der Waals surface area contributed by atoms with Gasteiger partial charge in [-0.3, -0.25) is 0 Å². The molecule has 0 fully saturated rings. The van der Waals surface area contributed by atoms with E-state index in [4.69, 9.17) is 0 Å². The van der Waals surface area contributed by atoms with Crippen LogP contribution < -0.4 is 5.11 Å². The Kier molecular flexibility index (Phi) is 3.14. The predicted octanol–water partition coefficient (Wildman–Crippen LogP) is 0.873. The molecule has 0 bridgehead atoms. The van der Waals surface area contributed by atoms with Crippen LogP contribution in [0.5, 0.6) is 0 Å². The van der Waals surface area contributed by atoms with Crippen molar-refractivity contribution in [2.24, 2.45) is 5.92 Å². The average molecular weight is 153 g/mol. The van der Waals surface area contributed by atoms with Gasteiger partial charge >= 0.3 is 0 Å². The summed E-state index contributed by atoms with van der Waals surface area (Å²) < 4.78 is 0. The summed E-state index contributed by atoms with van der Waals surface area (Å²) >= 11 is 0. The zero-order valence-electron chi connectivity index (χ0n) is 6.58. The number of hydrogen-bond acceptors (Lipinski definition) is 2. The molecule has 0 aromatic heterocycles. The molecule has 1 rings (SSSR count). The molecule has 0 spiro atoms. The van der Waals surface area contributed by atoms with Crippen molar-refractivity contribution in [2.75, 3.05) is 0 Å². The molecule has 1 aliphatic rings. The maximum Gasteiger partial charge on any atom is 0.0445 e. The number of carbonyl (C=O) groups is 1. The third kappa shape index (κ3) is 2.74. The molecule has 0 unspecified atom stereocenters. The van der Waals surface area contributed by atoms with Crippen LogP contribution in [-0.4, -0.2) is 5.97 Å². The zero-order chi connectivity index (χ0) is 8.10. The summed E-state index contributed by atoms with van der Waals surface area (Å²) in [6.45, 7) is 0. The van der Waals surface area contributed by atoms with Crippen LogP contribution in [0.25, 0.3) is 0 Å². The number of allylic oxidation sites excluding steroid dienone is 2. The van der Waals surface area contributed by atoms with Crippen LogP contribution in [0, 0.1) is 5.92 Å². The quantitative estimate of drug-likeness (QED) is 0.524. The van der Waals surface area contributed by atoms with Gasteiger partial charge in [-0.15, -0.1) is 0 Å². The number of hydrogen-bond donors (Lipinski definition) is 0. The van der Waals surface area contributed by atoms with Crippen molar-refractivity contribution in [1.82, 2.24) is 0 Å². The maximum atomic E-state index is 10.5. The fraction of sp³-hybridized carbons (Fsp3) is 0.667. The Morgan fingerprint density at radius 2 is 2.00 bits per heavy atom. The molecule has 0 saturated heterocycles. The summed E-state index contributed by atoms with van der Waals surface area (Å²) in [5.74, 6) is -1.08. The minimum Gasteiger partial charge on any atom is -0.550 e. The van der Waals surface area contributed by atoms with Gasteiger partial charge in [0.1, 0.15) is 0 Å². The second kappa shape index (κ2) is 4.16. The minimum atomic E-state index is -0.875. The molecule has 62 valence electrons. The summed E-state index contributed by atoms with van der Waals surface area (Å²) in [7, 11) is 0. The van der Waals surface area contributed by atoms with E-state index in [1.807, 2.05) is 0 Å². The van der Waals surface area contributed by atoms with Crippen LogP contribution in [0.4, 0.5) is 0 Å². The molecule has 0 saturated carbocycles. The van der Waals surface area contributed by atoms with E-state index in [1.54, 1.807) is 0 Å². The van der Waals surface area contributed by atoms with Gasteiger partial charge in [-0.2, -0.15) is 0 Å². The van der Waals surface area contributed by atoms with Crippen molar-refractivity contribution in [3.05, 3.63) is 12.2 Å². The summed E-state index contributed by atoms with van der Waals surface area (Å²) in [5.41, 5.74) is 0. The van der Waals surface area contributed by atoms with Crippen molar-refractivity contribution in [2.45, 2.75) is 32.1 Å². The number of aliphatic carboxylic acids is 1. The molecule has 0 aromatic carbocycles. The normalized spacial score (nSPS) is 28.5. The standard InChI is InChI=1S/C9H14O2/c10-9(11)8-6-4-2-1-3-5-7-8/h1-2,8H,3-7H2,(H,10,11)/p-1/b2-1-/t8-/m1/s1. The van der Waals surface area contributed by atoms with E-state index in [0.29, 0.717) is 0 Å². The molecule has 0 radical (unpaired) electrons. The SMILES string of the molecule is O=C([O-])[C@@H]1CC/C=C\CCC1. The molecule has 0 amide bonds. The Bertz CT molecular complexity index is 161. The predicted molar refractivity (Wildman–Crippen MR) is 40.7 cm³/mol. The van der Waals surface area contributed by atoms with Gasteiger partial charge in [-0.05, 0) is 38.0 Å². The van der Waals surface area contributed by atoms with Gasteiger partial charge in [0.05, 0.1) is 0 Å². The topological polar surface area (TPSA) is 40.1 Å². The number of rotatable bonds is 1. The average Bonchev–Trinajstić information content (AvgIpc) is 1.84. The molecule has 2 nitrogen and oxygen atoms in total. The third-order valence-electron chi connectivity index (χ3n) is 2.11. The van der Waals surface area contributed by atoms with E-state index in [9.17, 15) is 9.90 Å². The lowest BCUT2D eigenvalue weighted by Crippen LogP contribution is -2.31. The summed E-state index contributed by atoms with van der Waals surface area (Å²) in [6.07, 6.45) is 8.61. The van der Waals surface area contributed by atoms with E-state index in [1.165, 1.54) is 0 Å². The number of carbonyl (C=O) groups excluding carboxylic acids is 1. The van der Waals surface area contributed by atoms with E-state index in [2.05, 4.69) is 12.2 Å². The summed E-state index contributed by atoms with van der Waals surface area (Å²) in [5, 5.41) is 10.5. The number of carboxylic acid groups (broad SMARTS) is 1. The highest BCUT2D eigenvalue weighted by Crippen LogP contribution is 2.17. The Balaban J connectivity index is 2.42. The third-order valence-corrected chi connectivity index (χ3v) is 2.11. The van der Waals surface area contributed by atoms with E-state index in [-0.39, 0.29) is 5.92 Å². The monoisotopic (exact) mass is 153 g/mol. The maximum absolute atomic E-state index is 10.5. The van der Waals surface area contributed by atoms with Crippen LogP contribution in [0.1, 0.15) is 32.1 Å². The largest absolute Gasteiger partial charge is 0.550 e. The highest BCUT2D eigenvalue weighted by molar-refractivity contribution is 5.67. The fourth-order valence-corrected chi connectivity index (χ4v) is 1.40. The Morgan fingerprint density at radius 1 is 1.27 bits per heavy atom. The molecule has 11 heavy (non-hydrogen) atoms. The second-order valence-corrected chi connectivity index (χ2v) is 3.00. The zero-order valence-corrected chi connectivity index (χ0v) is 6.58. The van der Waals surface area contributed by atoms with Crippen molar-refractivity contribution in [3.8, 4) is 0 Å². The minimum absolute atomic E-state index is 0.208. The van der Waals surface area contributed by atoms with Crippen molar-refractivity contribution < 1.29 is 9.90 Å². The Morgan fingerprint density at radius 3 is 2.73 bits per heavy atom. The van der Waals surface area contributed by atoms with Gasteiger partial charge in [0.2, 0.25) is 0 Å². The van der Waals surface area contributed by atoms with Gasteiger partial charge < -0.3 is 9.90 Å². The molecule has 1 aliphatic carbocycles. The molecule has 0 aliphatic heterocycles. The number of carboxylic acids is 1. The molecule has 0 aromatic rings. The first-order valence-electron chi connectivity index (χ1n) is 4.16. The Hall–Kier alpha value is -0.790. The highest BCUT2D eigenvalue weighted by Gasteiger charge is 2.09. The molecule has 2 heteroatoms. The van der Waals surface area contributed by atoms with E-state index < -0.39 is 5.97 Å². The first-order chi connectivity index (χ1) is 5.30. The van der Waals surface area contributed by atoms with Crippen molar-refractivity contribution >= 4 is 5.97 Å². The van der Waals surface area contributed by atoms with Gasteiger partial charge in [0.25, 0.3) is 0 Å². The first-order valence-corrected chi connectivity index (χ1v) is 4.16. The highest BCUT2D eigenvalue weighted by atomic mass is 16.4. The molecule has 1 atom stereocenters. The lowest BCUT2D eigenvalue weighted by molar-refractivity contribution is -0.312. The van der Waals surface area contributed by atoms with Crippen LogP contribution in [0.3, 0.4) is 0 Å². The van der Waals surface area contributed by atoms with Gasteiger partial charge in [-0.25, -0.2) is 0 Å². The van der Waals surface area contributed by atoms with E-state index >= 15 is 0 Å². The van der Waals surface area contributed by atoms with Gasteiger partial charge in [0.15, 0.2) is 0 Å². The molecule has 0 heterocycles. The molecule has 0 N–H and O–H groups in total. The molecular weight excluding hydrogens is 140 g/mol. The Labute approximate surface area is 66.9 Å². The fourth-order valence-electron chi connectivity index (χ4n) is 1.40. The van der Waals surface area contributed by atoms with Crippen molar-refractivity contribution in [3.63, 3.8) is 0 Å². The van der Waals surface area contributed by atoms with E-state index in [0.717, 1.165) is 32.1 Å². The van der Waals surface area contributed by atoms with Crippen molar-refractivity contribution in [1.29, 1.82) is 0 Å². The second-order valence-electron chi connectivity index (χ2n) is 3.00. The van der Waals surface area contributed by atoms with Crippen LogP contribution in [-0.2, 0) is 4.79 Å². The smallest absolute Gasteiger partial charge is 0.0445 e. The van der Waals surface area contributed by atoms with Gasteiger partial charge in [-0.1, -0.05) is 12.2 Å². The van der Waals surface area contributed by atoms with Gasteiger partial charge in [0, 0.05) is 5.97 Å². The molecular formula is C9H13O2-. The lowest BCUT2D eigenvalue weighted by atomic mass is 9.94. The van der Waals surface area contributed by atoms with Crippen LogP contribution in [0.15, 0.2) is 12.2 Å².